The molecule has 0 aliphatic heterocycles. The Morgan fingerprint density at radius 1 is 0.297 bits per heavy atom. The van der Waals surface area contributed by atoms with Crippen LogP contribution < -0.4 is 0 Å². The SMILES string of the molecule is O=C(c1cccc(-n2c3ccccc3c3cc(-n4c5ccccc5c5ccccc54)ccc32)c1)c1ccccc1C(O)c1cccc(-n2c3ccccc3c3cc(-n4c5ccccc5c5ccccc54)ccc32)c1. The number of benzene rings is 11. The van der Waals surface area contributed by atoms with Crippen LogP contribution in [0.2, 0.25) is 0 Å². The van der Waals surface area contributed by atoms with Crippen molar-refractivity contribution in [3.05, 3.63) is 277 Å². The first-order chi connectivity index (χ1) is 36.6. The van der Waals surface area contributed by atoms with Gasteiger partial charge in [0.25, 0.3) is 0 Å². The molecule has 4 aromatic heterocycles. The van der Waals surface area contributed by atoms with Crippen LogP contribution in [0.15, 0.2) is 255 Å². The minimum atomic E-state index is -1.07. The second kappa shape index (κ2) is 16.4. The van der Waals surface area contributed by atoms with E-state index in [-0.39, 0.29) is 5.78 Å². The Bertz CT molecular complexity index is 4690. The average molecular weight is 949 g/mol. The quantitative estimate of drug-likeness (QED) is 0.154. The summed E-state index contributed by atoms with van der Waals surface area (Å²) in [5.41, 5.74) is 15.1. The van der Waals surface area contributed by atoms with E-state index in [1.807, 2.05) is 60.7 Å². The number of hydrogen-bond acceptors (Lipinski definition) is 2. The van der Waals surface area contributed by atoms with Crippen molar-refractivity contribution in [3.8, 4) is 22.7 Å². The van der Waals surface area contributed by atoms with Crippen LogP contribution >= 0.6 is 0 Å². The van der Waals surface area contributed by atoms with Gasteiger partial charge in [-0.15, -0.1) is 0 Å². The highest BCUT2D eigenvalue weighted by Crippen LogP contribution is 2.40. The Morgan fingerprint density at radius 3 is 1.08 bits per heavy atom. The molecule has 15 rings (SSSR count). The zero-order valence-corrected chi connectivity index (χ0v) is 40.0. The van der Waals surface area contributed by atoms with Crippen molar-refractivity contribution >= 4 is 93.0 Å². The number of para-hydroxylation sites is 6. The maximum Gasteiger partial charge on any atom is 0.193 e. The first kappa shape index (κ1) is 42.0. The van der Waals surface area contributed by atoms with Crippen molar-refractivity contribution in [1.82, 2.24) is 18.3 Å². The first-order valence-electron chi connectivity index (χ1n) is 25.1. The molecule has 74 heavy (non-hydrogen) atoms. The number of aliphatic hydroxyl groups is 1. The van der Waals surface area contributed by atoms with Gasteiger partial charge in [-0.2, -0.15) is 0 Å². The molecular weight excluding hydrogens is 905 g/mol. The van der Waals surface area contributed by atoms with Gasteiger partial charge in [-0.05, 0) is 108 Å². The van der Waals surface area contributed by atoms with Crippen molar-refractivity contribution in [2.75, 3.05) is 0 Å². The molecular formula is C68H44N4O2. The van der Waals surface area contributed by atoms with Gasteiger partial charge < -0.3 is 23.4 Å². The predicted octanol–water partition coefficient (Wildman–Crippen LogP) is 16.4. The maximum atomic E-state index is 14.9. The van der Waals surface area contributed by atoms with Gasteiger partial charge in [-0.25, -0.2) is 0 Å². The molecule has 0 radical (unpaired) electrons. The van der Waals surface area contributed by atoms with Gasteiger partial charge in [0.15, 0.2) is 5.78 Å². The fourth-order valence-corrected chi connectivity index (χ4v) is 12.1. The van der Waals surface area contributed by atoms with Crippen LogP contribution in [-0.4, -0.2) is 29.2 Å². The molecule has 6 heteroatoms. The largest absolute Gasteiger partial charge is 0.384 e. The van der Waals surface area contributed by atoms with Gasteiger partial charge in [-0.3, -0.25) is 4.79 Å². The molecule has 1 unspecified atom stereocenters. The van der Waals surface area contributed by atoms with Gasteiger partial charge in [-0.1, -0.05) is 158 Å². The summed E-state index contributed by atoms with van der Waals surface area (Å²) < 4.78 is 9.24. The van der Waals surface area contributed by atoms with Crippen LogP contribution in [0, 0.1) is 0 Å². The first-order valence-corrected chi connectivity index (χ1v) is 25.1. The topological polar surface area (TPSA) is 57.0 Å². The highest BCUT2D eigenvalue weighted by atomic mass is 16.3. The monoisotopic (exact) mass is 948 g/mol. The molecule has 0 spiro atoms. The Labute approximate surface area is 425 Å². The molecule has 0 saturated heterocycles. The van der Waals surface area contributed by atoms with Gasteiger partial charge in [0.2, 0.25) is 0 Å². The number of hydrogen-bond donors (Lipinski definition) is 1. The fourth-order valence-electron chi connectivity index (χ4n) is 12.1. The number of rotatable bonds is 8. The molecule has 6 nitrogen and oxygen atoms in total. The highest BCUT2D eigenvalue weighted by Gasteiger charge is 2.23. The van der Waals surface area contributed by atoms with Crippen molar-refractivity contribution in [2.45, 2.75) is 6.10 Å². The predicted molar refractivity (Wildman–Crippen MR) is 304 cm³/mol. The van der Waals surface area contributed by atoms with Crippen molar-refractivity contribution < 1.29 is 9.90 Å². The lowest BCUT2D eigenvalue weighted by molar-refractivity contribution is 0.103. The third-order valence-electron chi connectivity index (χ3n) is 15.3. The smallest absolute Gasteiger partial charge is 0.193 e. The van der Waals surface area contributed by atoms with Crippen LogP contribution in [0.3, 0.4) is 0 Å². The standard InChI is InChI=1S/C68H44N4O2/c73-67(43-17-15-19-45(39-43)69-63-33-13-7-25-53(63)57-41-47(35-37-65(57)69)71-59-29-9-3-21-49(59)50-22-4-10-30-60(50)71)55-27-1-2-28-56(55)68(74)44-18-16-20-46(40-44)70-64-34-14-8-26-54(64)58-42-48(36-38-66(58)70)72-61-31-11-5-23-51(61)52-24-6-12-32-62(52)72/h1-42,67,73H. The zero-order valence-electron chi connectivity index (χ0n) is 40.0. The summed E-state index contributed by atoms with van der Waals surface area (Å²) in [5, 5.41) is 21.8. The number of aromatic nitrogens is 4. The van der Waals surface area contributed by atoms with E-state index in [1.54, 1.807) is 0 Å². The zero-order chi connectivity index (χ0) is 49.0. The molecule has 0 saturated carbocycles. The van der Waals surface area contributed by atoms with Crippen LogP contribution in [-0.2, 0) is 0 Å². The Kier molecular flexibility index (Phi) is 9.30. The maximum absolute atomic E-state index is 14.9. The van der Waals surface area contributed by atoms with E-state index < -0.39 is 6.10 Å². The van der Waals surface area contributed by atoms with E-state index in [4.69, 9.17) is 0 Å². The Balaban J connectivity index is 0.791. The minimum Gasteiger partial charge on any atom is -0.384 e. The summed E-state index contributed by atoms with van der Waals surface area (Å²) in [6.45, 7) is 0. The van der Waals surface area contributed by atoms with Crippen molar-refractivity contribution in [2.24, 2.45) is 0 Å². The molecule has 0 amide bonds. The van der Waals surface area contributed by atoms with E-state index >= 15 is 0 Å². The van der Waals surface area contributed by atoms with Crippen molar-refractivity contribution in [1.29, 1.82) is 0 Å². The summed E-state index contributed by atoms with van der Waals surface area (Å²) in [6, 6.07) is 88.2. The molecule has 11 aromatic carbocycles. The summed E-state index contributed by atoms with van der Waals surface area (Å²) in [5.74, 6) is -0.159. The molecule has 4 heterocycles. The van der Waals surface area contributed by atoms with Crippen LogP contribution in [0.1, 0.15) is 33.2 Å². The molecule has 1 N–H and O–H groups in total. The van der Waals surface area contributed by atoms with Gasteiger partial charge in [0.1, 0.15) is 6.10 Å². The van der Waals surface area contributed by atoms with E-state index in [0.717, 1.165) is 77.4 Å². The van der Waals surface area contributed by atoms with E-state index in [2.05, 4.69) is 212 Å². The van der Waals surface area contributed by atoms with Crippen LogP contribution in [0.4, 0.5) is 0 Å². The molecule has 0 bridgehead atoms. The molecule has 1 atom stereocenters. The minimum absolute atomic E-state index is 0.159. The molecule has 15 aromatic rings. The molecule has 348 valence electrons. The second-order valence-electron chi connectivity index (χ2n) is 19.3. The summed E-state index contributed by atoms with van der Waals surface area (Å²) in [7, 11) is 0. The summed E-state index contributed by atoms with van der Waals surface area (Å²) in [4.78, 5) is 14.9. The number of fused-ring (bicyclic) bond motifs is 12. The molecule has 0 aliphatic rings. The summed E-state index contributed by atoms with van der Waals surface area (Å²) >= 11 is 0. The third kappa shape index (κ3) is 6.25. The summed E-state index contributed by atoms with van der Waals surface area (Å²) in [6.07, 6.45) is -1.07. The Hall–Kier alpha value is -9.75. The third-order valence-corrected chi connectivity index (χ3v) is 15.3. The molecule has 0 fully saturated rings. The second-order valence-corrected chi connectivity index (χ2v) is 19.3. The molecule has 0 aliphatic carbocycles. The lowest BCUT2D eigenvalue weighted by atomic mass is 9.92. The number of ketones is 1. The highest BCUT2D eigenvalue weighted by molar-refractivity contribution is 6.15. The van der Waals surface area contributed by atoms with E-state index in [9.17, 15) is 9.90 Å². The van der Waals surface area contributed by atoms with Crippen LogP contribution in [0.5, 0.6) is 0 Å². The van der Waals surface area contributed by atoms with Crippen molar-refractivity contribution in [3.63, 3.8) is 0 Å². The average Bonchev–Trinajstić information content (AvgIpc) is 4.22. The number of carbonyl (C=O) groups is 1. The normalized spacial score (nSPS) is 12.4. The fraction of sp³-hybridized carbons (Fsp3) is 0.0147. The lowest BCUT2D eigenvalue weighted by Crippen LogP contribution is -2.11. The van der Waals surface area contributed by atoms with Gasteiger partial charge >= 0.3 is 0 Å². The Morgan fingerprint density at radius 2 is 0.635 bits per heavy atom. The van der Waals surface area contributed by atoms with Gasteiger partial charge in [0.05, 0.1) is 44.1 Å². The van der Waals surface area contributed by atoms with Crippen LogP contribution in [0.25, 0.3) is 110 Å². The number of aliphatic hydroxyl groups excluding tert-OH is 1. The van der Waals surface area contributed by atoms with E-state index in [0.29, 0.717) is 22.3 Å². The van der Waals surface area contributed by atoms with Gasteiger partial charge in [0, 0.05) is 77.0 Å². The van der Waals surface area contributed by atoms with E-state index in [1.165, 1.54) is 32.6 Å². The number of nitrogens with zero attached hydrogens (tertiary/aromatic N) is 4. The number of carbonyl (C=O) groups excluding carboxylic acids is 1. The lowest BCUT2D eigenvalue weighted by Gasteiger charge is -2.18.